The van der Waals surface area contributed by atoms with Crippen molar-refractivity contribution in [2.24, 2.45) is 0 Å². The molecular formula is C16H15BrFNO3. The number of ether oxygens (including phenoxy) is 2. The number of hydrogen-bond acceptors (Lipinski definition) is 3. The molecule has 1 N–H and O–H groups in total. The number of rotatable bonds is 5. The Morgan fingerprint density at radius 2 is 1.77 bits per heavy atom. The molecule has 0 spiro atoms. The van der Waals surface area contributed by atoms with Crippen molar-refractivity contribution < 1.29 is 18.7 Å². The maximum atomic E-state index is 13.0. The zero-order valence-electron chi connectivity index (χ0n) is 12.2. The molecule has 116 valence electrons. The highest BCUT2D eigenvalue weighted by Gasteiger charge is 2.11. The van der Waals surface area contributed by atoms with Crippen molar-refractivity contribution in [3.8, 4) is 11.5 Å². The minimum Gasteiger partial charge on any atom is -0.497 e. The summed E-state index contributed by atoms with van der Waals surface area (Å²) >= 11 is 3.18. The van der Waals surface area contributed by atoms with Crippen molar-refractivity contribution in [1.82, 2.24) is 5.32 Å². The van der Waals surface area contributed by atoms with Gasteiger partial charge in [0.15, 0.2) is 0 Å². The van der Waals surface area contributed by atoms with Crippen molar-refractivity contribution in [1.29, 1.82) is 0 Å². The summed E-state index contributed by atoms with van der Waals surface area (Å²) in [5, 5.41) is 2.78. The Kier molecular flexibility index (Phi) is 5.38. The fraction of sp³-hybridized carbons (Fsp3) is 0.188. The highest BCUT2D eigenvalue weighted by atomic mass is 79.9. The van der Waals surface area contributed by atoms with E-state index in [1.807, 2.05) is 12.1 Å². The fourth-order valence-electron chi connectivity index (χ4n) is 1.92. The van der Waals surface area contributed by atoms with Crippen molar-refractivity contribution in [3.63, 3.8) is 0 Å². The molecule has 0 aliphatic heterocycles. The van der Waals surface area contributed by atoms with Gasteiger partial charge in [0.1, 0.15) is 17.3 Å². The quantitative estimate of drug-likeness (QED) is 0.879. The van der Waals surface area contributed by atoms with Gasteiger partial charge in [0, 0.05) is 17.1 Å². The van der Waals surface area contributed by atoms with Gasteiger partial charge in [-0.25, -0.2) is 4.39 Å². The Hall–Kier alpha value is -2.08. The van der Waals surface area contributed by atoms with E-state index in [0.717, 1.165) is 5.56 Å². The lowest BCUT2D eigenvalue weighted by Gasteiger charge is -2.10. The maximum absolute atomic E-state index is 13.0. The number of amides is 1. The monoisotopic (exact) mass is 367 g/mol. The summed E-state index contributed by atoms with van der Waals surface area (Å²) in [6.45, 7) is 0.302. The van der Waals surface area contributed by atoms with E-state index in [-0.39, 0.29) is 5.91 Å². The smallest absolute Gasteiger partial charge is 0.252 e. The lowest BCUT2D eigenvalue weighted by Crippen LogP contribution is -2.23. The largest absolute Gasteiger partial charge is 0.497 e. The van der Waals surface area contributed by atoms with Crippen LogP contribution in [0.1, 0.15) is 15.9 Å². The number of nitrogens with one attached hydrogen (secondary N) is 1. The SMILES string of the molecule is COc1cc(CNC(=O)c2ccc(F)cc2Br)cc(OC)c1. The van der Waals surface area contributed by atoms with E-state index in [0.29, 0.717) is 28.1 Å². The van der Waals surface area contributed by atoms with Crippen LogP contribution in [0.25, 0.3) is 0 Å². The van der Waals surface area contributed by atoms with E-state index in [4.69, 9.17) is 9.47 Å². The van der Waals surface area contributed by atoms with Gasteiger partial charge in [-0.15, -0.1) is 0 Å². The standard InChI is InChI=1S/C16H15BrFNO3/c1-21-12-5-10(6-13(8-12)22-2)9-19-16(20)14-4-3-11(18)7-15(14)17/h3-8H,9H2,1-2H3,(H,19,20). The molecule has 22 heavy (non-hydrogen) atoms. The minimum atomic E-state index is -0.402. The van der Waals surface area contributed by atoms with Crippen molar-refractivity contribution in [2.75, 3.05) is 14.2 Å². The van der Waals surface area contributed by atoms with Gasteiger partial charge in [0.25, 0.3) is 5.91 Å². The van der Waals surface area contributed by atoms with Crippen LogP contribution in [-0.2, 0) is 6.54 Å². The fourth-order valence-corrected chi connectivity index (χ4v) is 2.45. The Balaban J connectivity index is 2.10. The third kappa shape index (κ3) is 3.98. The van der Waals surface area contributed by atoms with Crippen LogP contribution in [-0.4, -0.2) is 20.1 Å². The summed E-state index contributed by atoms with van der Waals surface area (Å²) in [6, 6.07) is 9.30. The van der Waals surface area contributed by atoms with Crippen LogP contribution >= 0.6 is 15.9 Å². The molecule has 0 aromatic heterocycles. The number of benzene rings is 2. The van der Waals surface area contributed by atoms with E-state index in [1.165, 1.54) is 18.2 Å². The van der Waals surface area contributed by atoms with Gasteiger partial charge >= 0.3 is 0 Å². The average molecular weight is 368 g/mol. The number of carbonyl (C=O) groups is 1. The first-order valence-electron chi connectivity index (χ1n) is 6.48. The Bertz CT molecular complexity index is 669. The summed E-state index contributed by atoms with van der Waals surface area (Å²) in [5.74, 6) is 0.591. The third-order valence-electron chi connectivity index (χ3n) is 3.04. The maximum Gasteiger partial charge on any atom is 0.252 e. The van der Waals surface area contributed by atoms with Crippen LogP contribution < -0.4 is 14.8 Å². The second-order valence-corrected chi connectivity index (χ2v) is 5.38. The summed E-state index contributed by atoms with van der Waals surface area (Å²) < 4.78 is 23.8. The molecule has 6 heteroatoms. The van der Waals surface area contributed by atoms with Crippen LogP contribution in [0.5, 0.6) is 11.5 Å². The lowest BCUT2D eigenvalue weighted by atomic mass is 10.1. The van der Waals surface area contributed by atoms with Crippen molar-refractivity contribution in [3.05, 3.63) is 57.8 Å². The minimum absolute atomic E-state index is 0.298. The predicted octanol–water partition coefficient (Wildman–Crippen LogP) is 3.54. The molecule has 0 radical (unpaired) electrons. The van der Waals surface area contributed by atoms with Gasteiger partial charge in [-0.2, -0.15) is 0 Å². The Morgan fingerprint density at radius 1 is 1.14 bits per heavy atom. The predicted molar refractivity (Wildman–Crippen MR) is 84.8 cm³/mol. The molecule has 0 fully saturated rings. The molecule has 4 nitrogen and oxygen atoms in total. The highest BCUT2D eigenvalue weighted by molar-refractivity contribution is 9.10. The number of carbonyl (C=O) groups excluding carboxylic acids is 1. The normalized spacial score (nSPS) is 10.2. The lowest BCUT2D eigenvalue weighted by molar-refractivity contribution is 0.0950. The summed E-state index contributed by atoms with van der Waals surface area (Å²) in [5.41, 5.74) is 1.21. The highest BCUT2D eigenvalue weighted by Crippen LogP contribution is 2.23. The van der Waals surface area contributed by atoms with E-state index in [2.05, 4.69) is 21.2 Å². The molecule has 0 saturated carbocycles. The van der Waals surface area contributed by atoms with Gasteiger partial charge < -0.3 is 14.8 Å². The Morgan fingerprint density at radius 3 is 2.32 bits per heavy atom. The zero-order valence-corrected chi connectivity index (χ0v) is 13.7. The third-order valence-corrected chi connectivity index (χ3v) is 3.70. The molecule has 0 heterocycles. The topological polar surface area (TPSA) is 47.6 Å². The second kappa shape index (κ2) is 7.26. The van der Waals surface area contributed by atoms with Gasteiger partial charge in [-0.05, 0) is 51.8 Å². The molecular weight excluding hydrogens is 353 g/mol. The summed E-state index contributed by atoms with van der Waals surface area (Å²) in [4.78, 5) is 12.1. The van der Waals surface area contributed by atoms with Crippen LogP contribution in [0.2, 0.25) is 0 Å². The molecule has 2 aromatic rings. The molecule has 0 atom stereocenters. The summed E-state index contributed by atoms with van der Waals surface area (Å²) in [6.07, 6.45) is 0. The number of methoxy groups -OCH3 is 2. The molecule has 0 saturated heterocycles. The van der Waals surface area contributed by atoms with Gasteiger partial charge in [0.05, 0.1) is 19.8 Å². The first-order valence-corrected chi connectivity index (χ1v) is 7.28. The van der Waals surface area contributed by atoms with Crippen LogP contribution in [0.4, 0.5) is 4.39 Å². The number of hydrogen-bond donors (Lipinski definition) is 1. The van der Waals surface area contributed by atoms with Gasteiger partial charge in [-0.1, -0.05) is 0 Å². The molecule has 2 aromatic carbocycles. The Labute approximate surface area is 136 Å². The molecule has 0 bridgehead atoms. The molecule has 0 aliphatic carbocycles. The van der Waals surface area contributed by atoms with E-state index in [9.17, 15) is 9.18 Å². The van der Waals surface area contributed by atoms with Gasteiger partial charge in [0.2, 0.25) is 0 Å². The van der Waals surface area contributed by atoms with Crippen LogP contribution in [0.15, 0.2) is 40.9 Å². The van der Waals surface area contributed by atoms with E-state index >= 15 is 0 Å². The zero-order chi connectivity index (χ0) is 16.1. The first-order chi connectivity index (χ1) is 10.5. The molecule has 2 rings (SSSR count). The van der Waals surface area contributed by atoms with Crippen molar-refractivity contribution >= 4 is 21.8 Å². The van der Waals surface area contributed by atoms with Gasteiger partial charge in [-0.3, -0.25) is 4.79 Å². The molecule has 1 amide bonds. The van der Waals surface area contributed by atoms with Crippen molar-refractivity contribution in [2.45, 2.75) is 6.54 Å². The van der Waals surface area contributed by atoms with Crippen LogP contribution in [0.3, 0.4) is 0 Å². The molecule has 0 unspecified atom stereocenters. The van der Waals surface area contributed by atoms with E-state index in [1.54, 1.807) is 20.3 Å². The average Bonchev–Trinajstić information content (AvgIpc) is 2.52. The number of halogens is 2. The molecule has 0 aliphatic rings. The van der Waals surface area contributed by atoms with Crippen LogP contribution in [0, 0.1) is 5.82 Å². The first kappa shape index (κ1) is 16.3. The van der Waals surface area contributed by atoms with E-state index < -0.39 is 5.82 Å². The summed E-state index contributed by atoms with van der Waals surface area (Å²) in [7, 11) is 3.12. The second-order valence-electron chi connectivity index (χ2n) is 4.53.